The molecule has 0 unspecified atom stereocenters. The van der Waals surface area contributed by atoms with Gasteiger partial charge in [0.05, 0.1) is 5.69 Å². The molecule has 0 spiro atoms. The summed E-state index contributed by atoms with van der Waals surface area (Å²) in [5.74, 6) is -0.359. The highest BCUT2D eigenvalue weighted by Crippen LogP contribution is 2.20. The van der Waals surface area contributed by atoms with E-state index in [0.717, 1.165) is 17.0 Å². The highest BCUT2D eigenvalue weighted by Gasteiger charge is 2.19. The van der Waals surface area contributed by atoms with E-state index >= 15 is 0 Å². The number of carbonyl (C=O) groups is 1. The summed E-state index contributed by atoms with van der Waals surface area (Å²) in [4.78, 5) is 17.0. The van der Waals surface area contributed by atoms with Crippen molar-refractivity contribution in [3.8, 4) is 0 Å². The van der Waals surface area contributed by atoms with E-state index in [1.807, 2.05) is 53.7 Å². The van der Waals surface area contributed by atoms with Crippen LogP contribution in [0.3, 0.4) is 0 Å². The molecule has 0 fully saturated rings. The minimum Gasteiger partial charge on any atom is -0.421 e. The first-order chi connectivity index (χ1) is 9.72. The van der Waals surface area contributed by atoms with Crippen LogP contribution in [0, 0.1) is 6.92 Å². The van der Waals surface area contributed by atoms with Gasteiger partial charge in [0.25, 0.3) is 11.7 Å². The minimum atomic E-state index is -0.332. The summed E-state index contributed by atoms with van der Waals surface area (Å²) in [6, 6.07) is 0. The maximum Gasteiger partial charge on any atom is 0.291 e. The molecule has 110 valence electrons. The summed E-state index contributed by atoms with van der Waals surface area (Å²) in [5.41, 5.74) is 0.801. The first-order valence-electron chi connectivity index (χ1n) is 6.63. The third kappa shape index (κ3) is 4.70. The van der Waals surface area contributed by atoms with Crippen molar-refractivity contribution < 1.29 is 9.21 Å². The summed E-state index contributed by atoms with van der Waals surface area (Å²) in [7, 11) is 0. The predicted molar refractivity (Wildman–Crippen MR) is 82.0 cm³/mol. The van der Waals surface area contributed by atoms with Crippen molar-refractivity contribution in [3.63, 3.8) is 0 Å². The largest absolute Gasteiger partial charge is 0.421 e. The second-order valence-electron chi connectivity index (χ2n) is 3.03. The fourth-order valence-corrected chi connectivity index (χ4v) is 2.01. The highest BCUT2D eigenvalue weighted by atomic mass is 32.1. The van der Waals surface area contributed by atoms with E-state index in [4.69, 9.17) is 4.42 Å². The van der Waals surface area contributed by atoms with E-state index in [0.29, 0.717) is 5.01 Å². The Labute approximate surface area is 123 Å². The maximum absolute atomic E-state index is 11.8. The Morgan fingerprint density at radius 3 is 2.45 bits per heavy atom. The summed E-state index contributed by atoms with van der Waals surface area (Å²) in [5, 5.41) is 7.39. The molecule has 0 bridgehead atoms. The number of hydrogen-bond acceptors (Lipinski definition) is 6. The molecule has 2 aromatic heterocycles. The quantitative estimate of drug-likeness (QED) is 0.795. The van der Waals surface area contributed by atoms with E-state index in [-0.39, 0.29) is 11.7 Å². The van der Waals surface area contributed by atoms with Crippen LogP contribution in [0.15, 0.2) is 16.9 Å². The number of aromatic nitrogens is 3. The Hall–Kier alpha value is -1.82. The first-order valence-corrected chi connectivity index (χ1v) is 7.45. The van der Waals surface area contributed by atoms with Crippen molar-refractivity contribution in [2.75, 3.05) is 0 Å². The second kappa shape index (κ2) is 10.0. The molecule has 0 atom stereocenters. The Balaban J connectivity index is 0.000000829. The molecule has 0 aromatic carbocycles. The molecule has 5 nitrogen and oxygen atoms in total. The van der Waals surface area contributed by atoms with Crippen LogP contribution in [0.25, 0.3) is 6.08 Å². The van der Waals surface area contributed by atoms with Gasteiger partial charge in [-0.15, -0.1) is 21.5 Å². The lowest BCUT2D eigenvalue weighted by Crippen LogP contribution is -2.01. The van der Waals surface area contributed by atoms with E-state index < -0.39 is 0 Å². The number of hydrogen-bond donors (Lipinski definition) is 0. The molecule has 0 radical (unpaired) electrons. The molecular weight excluding hydrogens is 274 g/mol. The van der Waals surface area contributed by atoms with Crippen molar-refractivity contribution in [1.29, 1.82) is 0 Å². The maximum atomic E-state index is 11.8. The number of allylic oxidation sites excluding steroid dienone is 1. The molecule has 0 N–H and O–H groups in total. The lowest BCUT2D eigenvalue weighted by molar-refractivity contribution is 0.100. The van der Waals surface area contributed by atoms with Gasteiger partial charge in [0.15, 0.2) is 5.01 Å². The molecular formula is C14H21N3O2S. The van der Waals surface area contributed by atoms with E-state index in [9.17, 15) is 4.79 Å². The number of aryl methyl sites for hydroxylation is 1. The van der Waals surface area contributed by atoms with E-state index in [2.05, 4.69) is 15.2 Å². The average Bonchev–Trinajstić information content (AvgIpc) is 3.14. The lowest BCUT2D eigenvalue weighted by Gasteiger charge is -1.86. The monoisotopic (exact) mass is 295 g/mol. The Morgan fingerprint density at radius 1 is 1.30 bits per heavy atom. The van der Waals surface area contributed by atoms with Crippen LogP contribution in [0.1, 0.15) is 60.9 Å². The Morgan fingerprint density at radius 2 is 1.95 bits per heavy atom. The van der Waals surface area contributed by atoms with Crippen molar-refractivity contribution in [1.82, 2.24) is 15.2 Å². The summed E-state index contributed by atoms with van der Waals surface area (Å²) < 4.78 is 4.84. The zero-order chi connectivity index (χ0) is 15.5. The fraction of sp³-hybridized carbons (Fsp3) is 0.429. The van der Waals surface area contributed by atoms with Gasteiger partial charge in [0.1, 0.15) is 0 Å². The molecule has 0 saturated carbocycles. The SMILES string of the molecule is C/C=C\c1nc(C(=O)c2nnco2)sc1C.CC.CC. The molecule has 2 rings (SSSR count). The minimum absolute atomic E-state index is 0.0271. The average molecular weight is 295 g/mol. The second-order valence-corrected chi connectivity index (χ2v) is 4.24. The zero-order valence-corrected chi connectivity index (χ0v) is 13.6. The summed E-state index contributed by atoms with van der Waals surface area (Å²) >= 11 is 1.32. The molecule has 0 amide bonds. The third-order valence-electron chi connectivity index (χ3n) is 1.91. The predicted octanol–water partition coefficient (Wildman–Crippen LogP) is 4.15. The normalized spacial score (nSPS) is 9.50. The summed E-state index contributed by atoms with van der Waals surface area (Å²) in [6.07, 6.45) is 4.86. The fourth-order valence-electron chi connectivity index (χ4n) is 1.18. The molecule has 0 aliphatic carbocycles. The Kier molecular flexibility index (Phi) is 9.11. The van der Waals surface area contributed by atoms with Crippen LogP contribution in [0.2, 0.25) is 0 Å². The Bertz CT molecular complexity index is 531. The van der Waals surface area contributed by atoms with Gasteiger partial charge in [0.2, 0.25) is 6.39 Å². The van der Waals surface area contributed by atoms with Crippen molar-refractivity contribution in [3.05, 3.63) is 33.9 Å². The number of thiazole rings is 1. The molecule has 2 aromatic rings. The van der Waals surface area contributed by atoms with Crippen LogP contribution >= 0.6 is 11.3 Å². The number of carbonyl (C=O) groups excluding carboxylic acids is 1. The van der Waals surface area contributed by atoms with Crippen LogP contribution in [0.5, 0.6) is 0 Å². The van der Waals surface area contributed by atoms with Crippen LogP contribution in [-0.2, 0) is 0 Å². The molecule has 0 saturated heterocycles. The van der Waals surface area contributed by atoms with E-state index in [1.54, 1.807) is 0 Å². The summed E-state index contributed by atoms with van der Waals surface area (Å²) in [6.45, 7) is 11.8. The van der Waals surface area contributed by atoms with Crippen molar-refractivity contribution >= 4 is 23.2 Å². The van der Waals surface area contributed by atoms with Crippen LogP contribution < -0.4 is 0 Å². The molecule has 2 heterocycles. The van der Waals surface area contributed by atoms with Crippen LogP contribution in [0.4, 0.5) is 0 Å². The van der Waals surface area contributed by atoms with Gasteiger partial charge >= 0.3 is 0 Å². The zero-order valence-electron chi connectivity index (χ0n) is 12.8. The topological polar surface area (TPSA) is 68.9 Å². The number of nitrogens with zero attached hydrogens (tertiary/aromatic N) is 3. The first kappa shape index (κ1) is 18.2. The van der Waals surface area contributed by atoms with Gasteiger partial charge in [-0.25, -0.2) is 4.98 Å². The molecule has 0 aliphatic rings. The number of ketones is 1. The van der Waals surface area contributed by atoms with Crippen molar-refractivity contribution in [2.24, 2.45) is 0 Å². The van der Waals surface area contributed by atoms with Crippen LogP contribution in [-0.4, -0.2) is 21.0 Å². The highest BCUT2D eigenvalue weighted by molar-refractivity contribution is 7.13. The van der Waals surface area contributed by atoms with Crippen molar-refractivity contribution in [2.45, 2.75) is 41.5 Å². The van der Waals surface area contributed by atoms with Gasteiger partial charge in [0, 0.05) is 4.88 Å². The lowest BCUT2D eigenvalue weighted by atomic mass is 10.3. The van der Waals surface area contributed by atoms with Gasteiger partial charge in [-0.3, -0.25) is 4.79 Å². The smallest absolute Gasteiger partial charge is 0.291 e. The van der Waals surface area contributed by atoms with Gasteiger partial charge in [-0.05, 0) is 19.9 Å². The van der Waals surface area contributed by atoms with Gasteiger partial charge in [-0.2, -0.15) is 0 Å². The van der Waals surface area contributed by atoms with Gasteiger partial charge in [-0.1, -0.05) is 33.8 Å². The molecule has 0 aliphatic heterocycles. The third-order valence-corrected chi connectivity index (χ3v) is 2.89. The molecule has 20 heavy (non-hydrogen) atoms. The molecule has 6 heteroatoms. The standard InChI is InChI=1S/C10H9N3O2S.2C2H6/c1-3-4-7-6(2)16-10(12-7)8(14)9-13-11-5-15-9;2*1-2/h3-5H,1-2H3;2*1-2H3/b4-3-;;. The van der Waals surface area contributed by atoms with E-state index in [1.165, 1.54) is 11.3 Å². The van der Waals surface area contributed by atoms with Gasteiger partial charge < -0.3 is 4.42 Å². The number of rotatable bonds is 3.